The summed E-state index contributed by atoms with van der Waals surface area (Å²) < 4.78 is 0. The van der Waals surface area contributed by atoms with E-state index in [1.165, 1.54) is 0 Å². The number of nitrogens with zero attached hydrogens (tertiary/aromatic N) is 1. The molecule has 1 aromatic rings. The van der Waals surface area contributed by atoms with E-state index in [0.29, 0.717) is 0 Å². The molecule has 1 amide bonds. The van der Waals surface area contributed by atoms with E-state index in [4.69, 9.17) is 5.73 Å². The van der Waals surface area contributed by atoms with Crippen LogP contribution in [-0.4, -0.2) is 23.6 Å². The summed E-state index contributed by atoms with van der Waals surface area (Å²) in [5.74, 6) is -0.285. The maximum atomic E-state index is 11.4. The van der Waals surface area contributed by atoms with Gasteiger partial charge in [0.15, 0.2) is 0 Å². The molecular weight excluding hydrogens is 216 g/mol. The molecule has 1 heterocycles. The van der Waals surface area contributed by atoms with E-state index in [-0.39, 0.29) is 18.6 Å². The van der Waals surface area contributed by atoms with E-state index in [1.54, 1.807) is 0 Å². The quantitative estimate of drug-likeness (QED) is 0.818. The van der Waals surface area contributed by atoms with Crippen LogP contribution in [0, 0.1) is 6.92 Å². The lowest BCUT2D eigenvalue weighted by Gasteiger charge is -2.26. The molecule has 1 aliphatic rings. The molecule has 0 aromatic heterocycles. The summed E-state index contributed by atoms with van der Waals surface area (Å²) in [4.78, 5) is 13.4. The molecule has 17 heavy (non-hydrogen) atoms. The molecule has 0 bridgehead atoms. The van der Waals surface area contributed by atoms with Crippen molar-refractivity contribution in [3.8, 4) is 0 Å². The molecule has 1 atom stereocenters. The number of carbonyl (C=O) groups is 1. The van der Waals surface area contributed by atoms with Crippen molar-refractivity contribution >= 4 is 11.6 Å². The molecule has 92 valence electrons. The molecule has 1 aromatic carbocycles. The van der Waals surface area contributed by atoms with Gasteiger partial charge in [-0.15, -0.1) is 0 Å². The average molecular weight is 234 g/mol. The number of amides is 1. The fraction of sp³-hybridized carbons (Fsp3) is 0.462. The Kier molecular flexibility index (Phi) is 3.33. The number of primary amides is 1. The second-order valence-electron chi connectivity index (χ2n) is 4.54. The lowest BCUT2D eigenvalue weighted by Crippen LogP contribution is -2.40. The van der Waals surface area contributed by atoms with Crippen LogP contribution in [0.2, 0.25) is 0 Å². The molecule has 1 aliphatic heterocycles. The summed E-state index contributed by atoms with van der Waals surface area (Å²) >= 11 is 0. The van der Waals surface area contributed by atoms with Gasteiger partial charge in [-0.25, -0.2) is 0 Å². The third-order valence-electron chi connectivity index (χ3n) is 3.30. The Labute approximate surface area is 101 Å². The van der Waals surface area contributed by atoms with Crippen molar-refractivity contribution in [2.75, 3.05) is 11.4 Å². The highest BCUT2D eigenvalue weighted by Gasteiger charge is 2.30. The van der Waals surface area contributed by atoms with Crippen LogP contribution in [0.25, 0.3) is 0 Å². The van der Waals surface area contributed by atoms with Crippen LogP contribution >= 0.6 is 0 Å². The molecule has 4 nitrogen and oxygen atoms in total. The van der Waals surface area contributed by atoms with Crippen LogP contribution in [0.4, 0.5) is 5.69 Å². The van der Waals surface area contributed by atoms with Gasteiger partial charge in [-0.2, -0.15) is 0 Å². The van der Waals surface area contributed by atoms with Gasteiger partial charge in [0, 0.05) is 17.8 Å². The van der Waals surface area contributed by atoms with Crippen LogP contribution in [-0.2, 0) is 11.4 Å². The van der Waals surface area contributed by atoms with E-state index >= 15 is 0 Å². The number of rotatable bonds is 3. The Bertz CT molecular complexity index is 431. The van der Waals surface area contributed by atoms with Gasteiger partial charge < -0.3 is 15.7 Å². The minimum atomic E-state index is -0.285. The van der Waals surface area contributed by atoms with Gasteiger partial charge in [-0.05, 0) is 25.8 Å². The van der Waals surface area contributed by atoms with Gasteiger partial charge in [0.1, 0.15) is 6.04 Å². The normalized spacial score (nSPS) is 19.6. The van der Waals surface area contributed by atoms with Crippen molar-refractivity contribution in [1.82, 2.24) is 0 Å². The summed E-state index contributed by atoms with van der Waals surface area (Å²) in [5, 5.41) is 9.39. The minimum absolute atomic E-state index is 0.0149. The van der Waals surface area contributed by atoms with Crippen LogP contribution in [0.3, 0.4) is 0 Å². The monoisotopic (exact) mass is 234 g/mol. The summed E-state index contributed by atoms with van der Waals surface area (Å²) in [5.41, 5.74) is 8.30. The fourth-order valence-corrected chi connectivity index (χ4v) is 2.47. The van der Waals surface area contributed by atoms with Gasteiger partial charge >= 0.3 is 0 Å². The van der Waals surface area contributed by atoms with Crippen molar-refractivity contribution in [2.24, 2.45) is 5.73 Å². The largest absolute Gasteiger partial charge is 0.392 e. The third kappa shape index (κ3) is 2.26. The topological polar surface area (TPSA) is 66.6 Å². The number of anilines is 1. The zero-order valence-corrected chi connectivity index (χ0v) is 10.0. The molecule has 1 unspecified atom stereocenters. The number of hydrogen-bond acceptors (Lipinski definition) is 3. The maximum Gasteiger partial charge on any atom is 0.240 e. The molecule has 0 spiro atoms. The second-order valence-corrected chi connectivity index (χ2v) is 4.54. The highest BCUT2D eigenvalue weighted by atomic mass is 16.3. The Morgan fingerprint density at radius 1 is 1.59 bits per heavy atom. The maximum absolute atomic E-state index is 11.4. The highest BCUT2D eigenvalue weighted by molar-refractivity contribution is 5.84. The van der Waals surface area contributed by atoms with Crippen LogP contribution in [0.5, 0.6) is 0 Å². The van der Waals surface area contributed by atoms with Crippen molar-refractivity contribution in [1.29, 1.82) is 0 Å². The third-order valence-corrected chi connectivity index (χ3v) is 3.30. The summed E-state index contributed by atoms with van der Waals surface area (Å²) in [6, 6.07) is 5.67. The number of aliphatic hydroxyl groups excluding tert-OH is 1. The van der Waals surface area contributed by atoms with E-state index < -0.39 is 0 Å². The molecular formula is C13H18N2O2. The van der Waals surface area contributed by atoms with Gasteiger partial charge in [0.2, 0.25) is 5.91 Å². The first-order valence-electron chi connectivity index (χ1n) is 5.90. The number of benzene rings is 1. The van der Waals surface area contributed by atoms with Crippen molar-refractivity contribution < 1.29 is 9.90 Å². The molecule has 1 fully saturated rings. The van der Waals surface area contributed by atoms with Crippen LogP contribution < -0.4 is 10.6 Å². The zero-order valence-electron chi connectivity index (χ0n) is 10.0. The lowest BCUT2D eigenvalue weighted by atomic mass is 10.1. The van der Waals surface area contributed by atoms with E-state index in [1.807, 2.05) is 30.0 Å². The first-order chi connectivity index (χ1) is 8.13. The summed E-state index contributed by atoms with van der Waals surface area (Å²) in [6.07, 6.45) is 1.76. The van der Waals surface area contributed by atoms with E-state index in [9.17, 15) is 9.90 Å². The molecule has 0 saturated carbocycles. The number of carbonyl (C=O) groups excluding carboxylic acids is 1. The predicted molar refractivity (Wildman–Crippen MR) is 66.7 cm³/mol. The Morgan fingerprint density at radius 2 is 2.35 bits per heavy atom. The number of hydrogen-bond donors (Lipinski definition) is 2. The number of aliphatic hydroxyl groups is 1. The summed E-state index contributed by atoms with van der Waals surface area (Å²) in [7, 11) is 0. The average Bonchev–Trinajstić information content (AvgIpc) is 2.77. The molecule has 1 saturated heterocycles. The Morgan fingerprint density at radius 3 is 3.00 bits per heavy atom. The second kappa shape index (κ2) is 4.75. The summed E-state index contributed by atoms with van der Waals surface area (Å²) in [6.45, 7) is 2.79. The van der Waals surface area contributed by atoms with Crippen molar-refractivity contribution in [2.45, 2.75) is 32.4 Å². The first kappa shape index (κ1) is 11.9. The lowest BCUT2D eigenvalue weighted by molar-refractivity contribution is -0.119. The van der Waals surface area contributed by atoms with Gasteiger partial charge in [0.05, 0.1) is 6.61 Å². The van der Waals surface area contributed by atoms with Crippen molar-refractivity contribution in [3.63, 3.8) is 0 Å². The zero-order chi connectivity index (χ0) is 12.4. The van der Waals surface area contributed by atoms with E-state index in [0.717, 1.165) is 36.2 Å². The Hall–Kier alpha value is -1.55. The van der Waals surface area contributed by atoms with Crippen LogP contribution in [0.1, 0.15) is 24.0 Å². The minimum Gasteiger partial charge on any atom is -0.392 e. The Balaban J connectivity index is 2.36. The van der Waals surface area contributed by atoms with Gasteiger partial charge in [0.25, 0.3) is 0 Å². The van der Waals surface area contributed by atoms with E-state index in [2.05, 4.69) is 0 Å². The van der Waals surface area contributed by atoms with Gasteiger partial charge in [-0.1, -0.05) is 17.7 Å². The number of aryl methyl sites for hydroxylation is 1. The van der Waals surface area contributed by atoms with Gasteiger partial charge in [-0.3, -0.25) is 4.79 Å². The number of nitrogens with two attached hydrogens (primary N) is 1. The predicted octanol–water partition coefficient (Wildman–Crippen LogP) is 0.941. The molecule has 4 heteroatoms. The smallest absolute Gasteiger partial charge is 0.240 e. The molecule has 3 N–H and O–H groups in total. The molecule has 0 radical (unpaired) electrons. The SMILES string of the molecule is Cc1ccc(N2CCCC2C(N)=O)c(CO)c1. The standard InChI is InChI=1S/C13H18N2O2/c1-9-4-5-11(10(7-9)8-16)15-6-2-3-12(15)13(14)17/h4-5,7,12,16H,2-3,6,8H2,1H3,(H2,14,17). The highest BCUT2D eigenvalue weighted by Crippen LogP contribution is 2.29. The fourth-order valence-electron chi connectivity index (χ4n) is 2.47. The van der Waals surface area contributed by atoms with Crippen molar-refractivity contribution in [3.05, 3.63) is 29.3 Å². The molecule has 0 aliphatic carbocycles. The first-order valence-corrected chi connectivity index (χ1v) is 5.90. The van der Waals surface area contributed by atoms with Crippen LogP contribution in [0.15, 0.2) is 18.2 Å². The molecule has 2 rings (SSSR count).